The van der Waals surface area contributed by atoms with E-state index in [0.29, 0.717) is 24.1 Å². The minimum Gasteiger partial charge on any atom is -0.354 e. The van der Waals surface area contributed by atoms with Gasteiger partial charge in [0.25, 0.3) is 5.91 Å². The Morgan fingerprint density at radius 2 is 2.13 bits per heavy atom. The molecule has 0 fully saturated rings. The van der Waals surface area contributed by atoms with Gasteiger partial charge in [-0.15, -0.1) is 0 Å². The molecule has 0 atom stereocenters. The van der Waals surface area contributed by atoms with E-state index >= 15 is 0 Å². The van der Waals surface area contributed by atoms with Crippen molar-refractivity contribution in [3.63, 3.8) is 0 Å². The molecule has 1 amide bonds. The van der Waals surface area contributed by atoms with Crippen LogP contribution in [-0.4, -0.2) is 29.0 Å². The number of aryl methyl sites for hydroxylation is 1. The number of hydrogen-bond acceptors (Lipinski definition) is 4. The van der Waals surface area contributed by atoms with Crippen LogP contribution in [0.1, 0.15) is 62.1 Å². The maximum Gasteiger partial charge on any atom is 0.270 e. The van der Waals surface area contributed by atoms with E-state index in [4.69, 9.17) is 0 Å². The molecule has 5 nitrogen and oxygen atoms in total. The lowest BCUT2D eigenvalue weighted by atomic mass is 9.97. The van der Waals surface area contributed by atoms with Crippen LogP contribution in [0.5, 0.6) is 0 Å². The number of amides is 1. The van der Waals surface area contributed by atoms with Crippen LogP contribution in [0.3, 0.4) is 0 Å². The molecule has 0 bridgehead atoms. The lowest BCUT2D eigenvalue weighted by molar-refractivity contribution is 0.0949. The van der Waals surface area contributed by atoms with Gasteiger partial charge < -0.3 is 10.6 Å². The van der Waals surface area contributed by atoms with Gasteiger partial charge in [-0.3, -0.25) is 4.79 Å². The monoisotopic (exact) mass is 316 g/mol. The van der Waals surface area contributed by atoms with Crippen LogP contribution >= 0.6 is 0 Å². The predicted molar refractivity (Wildman–Crippen MR) is 93.6 cm³/mol. The summed E-state index contributed by atoms with van der Waals surface area (Å²) >= 11 is 0. The van der Waals surface area contributed by atoms with Crippen molar-refractivity contribution >= 4 is 11.9 Å². The zero-order valence-electron chi connectivity index (χ0n) is 14.5. The SMILES string of the molecule is Cc1cc(C(=O)NCCC2=CCCCC2)nc(NCC(C)C)n1. The first-order valence-corrected chi connectivity index (χ1v) is 8.60. The van der Waals surface area contributed by atoms with Crippen molar-refractivity contribution in [2.45, 2.75) is 52.9 Å². The summed E-state index contributed by atoms with van der Waals surface area (Å²) in [4.78, 5) is 20.9. The topological polar surface area (TPSA) is 66.9 Å². The number of anilines is 1. The number of rotatable bonds is 7. The number of aromatic nitrogens is 2. The largest absolute Gasteiger partial charge is 0.354 e. The molecule has 23 heavy (non-hydrogen) atoms. The summed E-state index contributed by atoms with van der Waals surface area (Å²) in [5.41, 5.74) is 2.70. The number of hydrogen-bond donors (Lipinski definition) is 2. The molecule has 0 radical (unpaired) electrons. The van der Waals surface area contributed by atoms with Crippen LogP contribution in [0.15, 0.2) is 17.7 Å². The standard InChI is InChI=1S/C18H28N4O/c1-13(2)12-20-18-21-14(3)11-16(22-18)17(23)19-10-9-15-7-5-4-6-8-15/h7,11,13H,4-6,8-10,12H2,1-3H3,(H,19,23)(H,20,21,22). The van der Waals surface area contributed by atoms with Gasteiger partial charge in [-0.25, -0.2) is 9.97 Å². The molecule has 1 aliphatic rings. The molecule has 1 aromatic heterocycles. The third-order valence-corrected chi connectivity index (χ3v) is 3.87. The van der Waals surface area contributed by atoms with Crippen molar-refractivity contribution in [3.8, 4) is 0 Å². The van der Waals surface area contributed by atoms with Crippen LogP contribution in [-0.2, 0) is 0 Å². The minimum atomic E-state index is -0.125. The van der Waals surface area contributed by atoms with Gasteiger partial charge >= 0.3 is 0 Å². The highest BCUT2D eigenvalue weighted by molar-refractivity contribution is 5.92. The van der Waals surface area contributed by atoms with Crippen molar-refractivity contribution in [1.29, 1.82) is 0 Å². The second-order valence-electron chi connectivity index (χ2n) is 6.61. The van der Waals surface area contributed by atoms with E-state index in [1.165, 1.54) is 31.3 Å². The Kier molecular flexibility index (Phi) is 6.56. The summed E-state index contributed by atoms with van der Waals surface area (Å²) in [5, 5.41) is 6.14. The highest BCUT2D eigenvalue weighted by atomic mass is 16.1. The van der Waals surface area contributed by atoms with Gasteiger partial charge in [0, 0.05) is 18.8 Å². The first kappa shape index (κ1) is 17.4. The van der Waals surface area contributed by atoms with Crippen LogP contribution < -0.4 is 10.6 Å². The van der Waals surface area contributed by atoms with Gasteiger partial charge in [0.15, 0.2) is 0 Å². The van der Waals surface area contributed by atoms with E-state index in [0.717, 1.165) is 18.7 Å². The van der Waals surface area contributed by atoms with Crippen LogP contribution in [0.2, 0.25) is 0 Å². The molecule has 1 aromatic rings. The third-order valence-electron chi connectivity index (χ3n) is 3.87. The molecular weight excluding hydrogens is 288 g/mol. The van der Waals surface area contributed by atoms with Crippen LogP contribution in [0, 0.1) is 12.8 Å². The fourth-order valence-corrected chi connectivity index (χ4v) is 2.62. The summed E-state index contributed by atoms with van der Waals surface area (Å²) in [6.45, 7) is 7.58. The molecule has 0 saturated heterocycles. The van der Waals surface area contributed by atoms with Crippen molar-refractivity contribution in [2.24, 2.45) is 5.92 Å². The second-order valence-corrected chi connectivity index (χ2v) is 6.61. The molecule has 0 saturated carbocycles. The van der Waals surface area contributed by atoms with Crippen molar-refractivity contribution in [3.05, 3.63) is 29.1 Å². The smallest absolute Gasteiger partial charge is 0.270 e. The maximum atomic E-state index is 12.3. The quantitative estimate of drug-likeness (QED) is 0.756. The van der Waals surface area contributed by atoms with Crippen molar-refractivity contribution < 1.29 is 4.79 Å². The van der Waals surface area contributed by atoms with Gasteiger partial charge in [0.2, 0.25) is 5.95 Å². The van der Waals surface area contributed by atoms with Crippen molar-refractivity contribution in [1.82, 2.24) is 15.3 Å². The molecule has 1 heterocycles. The molecule has 5 heteroatoms. The van der Waals surface area contributed by atoms with Crippen molar-refractivity contribution in [2.75, 3.05) is 18.4 Å². The first-order valence-electron chi connectivity index (χ1n) is 8.60. The normalized spacial score (nSPS) is 14.5. The summed E-state index contributed by atoms with van der Waals surface area (Å²) in [6.07, 6.45) is 8.18. The van der Waals surface area contributed by atoms with E-state index in [2.05, 4.69) is 40.5 Å². The Balaban J connectivity index is 1.89. The fourth-order valence-electron chi connectivity index (χ4n) is 2.62. The van der Waals surface area contributed by atoms with E-state index in [9.17, 15) is 4.79 Å². The molecule has 0 unspecified atom stereocenters. The van der Waals surface area contributed by atoms with Gasteiger partial charge in [0.1, 0.15) is 5.69 Å². The van der Waals surface area contributed by atoms with Crippen LogP contribution in [0.4, 0.5) is 5.95 Å². The molecule has 0 aromatic carbocycles. The van der Waals surface area contributed by atoms with Gasteiger partial charge in [-0.05, 0) is 51.0 Å². The van der Waals surface area contributed by atoms with Gasteiger partial charge in [0.05, 0.1) is 0 Å². The van der Waals surface area contributed by atoms with Crippen LogP contribution in [0.25, 0.3) is 0 Å². The highest BCUT2D eigenvalue weighted by Gasteiger charge is 2.11. The third kappa shape index (κ3) is 6.00. The van der Waals surface area contributed by atoms with E-state index in [1.807, 2.05) is 6.92 Å². The lowest BCUT2D eigenvalue weighted by Crippen LogP contribution is -2.26. The molecule has 2 N–H and O–H groups in total. The predicted octanol–water partition coefficient (Wildman–Crippen LogP) is 3.47. The number of allylic oxidation sites excluding steroid dienone is 1. The summed E-state index contributed by atoms with van der Waals surface area (Å²) in [5.74, 6) is 0.901. The average Bonchev–Trinajstić information content (AvgIpc) is 2.53. The number of nitrogens with one attached hydrogen (secondary N) is 2. The van der Waals surface area contributed by atoms with E-state index in [-0.39, 0.29) is 5.91 Å². The Bertz CT molecular complexity index is 566. The molecule has 2 rings (SSSR count). The Morgan fingerprint density at radius 1 is 1.30 bits per heavy atom. The number of carbonyl (C=O) groups excluding carboxylic acids is 1. The van der Waals surface area contributed by atoms with Gasteiger partial charge in [-0.1, -0.05) is 25.5 Å². The zero-order valence-corrected chi connectivity index (χ0v) is 14.5. The van der Waals surface area contributed by atoms with E-state index in [1.54, 1.807) is 6.07 Å². The zero-order chi connectivity index (χ0) is 16.7. The maximum absolute atomic E-state index is 12.3. The highest BCUT2D eigenvalue weighted by Crippen LogP contribution is 2.19. The summed E-state index contributed by atoms with van der Waals surface area (Å²) in [6, 6.07) is 1.73. The second kappa shape index (κ2) is 8.65. The molecule has 0 aliphatic heterocycles. The van der Waals surface area contributed by atoms with Gasteiger partial charge in [-0.2, -0.15) is 0 Å². The molecular formula is C18H28N4O. The minimum absolute atomic E-state index is 0.125. The summed E-state index contributed by atoms with van der Waals surface area (Å²) < 4.78 is 0. The Morgan fingerprint density at radius 3 is 2.83 bits per heavy atom. The fraction of sp³-hybridized carbons (Fsp3) is 0.611. The number of nitrogens with zero attached hydrogens (tertiary/aromatic N) is 2. The summed E-state index contributed by atoms with van der Waals surface area (Å²) in [7, 11) is 0. The average molecular weight is 316 g/mol. The molecule has 0 spiro atoms. The first-order chi connectivity index (χ1) is 11.0. The number of carbonyl (C=O) groups is 1. The van der Waals surface area contributed by atoms with E-state index < -0.39 is 0 Å². The molecule has 126 valence electrons. The molecule has 1 aliphatic carbocycles. The lowest BCUT2D eigenvalue weighted by Gasteiger charge is -2.13. The Labute approximate surface area is 139 Å². The Hall–Kier alpha value is -1.91.